The monoisotopic (exact) mass is 324 g/mol. The lowest BCUT2D eigenvalue weighted by atomic mass is 9.90. The average Bonchev–Trinajstić information content (AvgIpc) is 2.74. The molecule has 1 fully saturated rings. The van der Waals surface area contributed by atoms with Crippen LogP contribution in [0.15, 0.2) is 18.2 Å². The van der Waals surface area contributed by atoms with E-state index >= 15 is 0 Å². The molecule has 0 atom stereocenters. The lowest BCUT2D eigenvalue weighted by Crippen LogP contribution is -2.32. The quantitative estimate of drug-likeness (QED) is 0.779. The molecule has 1 aromatic carbocycles. The molecule has 0 radical (unpaired) electrons. The van der Waals surface area contributed by atoms with Gasteiger partial charge in [0.05, 0.1) is 12.4 Å². The second-order valence-electron chi connectivity index (χ2n) is 5.25. The Kier molecular flexibility index (Phi) is 4.54. The summed E-state index contributed by atoms with van der Waals surface area (Å²) in [4.78, 5) is 0. The van der Waals surface area contributed by atoms with Crippen molar-refractivity contribution in [1.82, 2.24) is 0 Å². The SMILES string of the molecule is O=S(=O)(Cl)CC1(COc2ccc(F)cc2F)CCCC1. The third-order valence-corrected chi connectivity index (χ3v) is 4.86. The van der Waals surface area contributed by atoms with Crippen LogP contribution < -0.4 is 4.74 Å². The number of ether oxygens (including phenoxy) is 1. The average molecular weight is 325 g/mol. The van der Waals surface area contributed by atoms with Crippen LogP contribution in [0, 0.1) is 17.0 Å². The highest BCUT2D eigenvalue weighted by Crippen LogP contribution is 2.40. The van der Waals surface area contributed by atoms with E-state index in [-0.39, 0.29) is 18.1 Å². The molecule has 0 bridgehead atoms. The van der Waals surface area contributed by atoms with Crippen LogP contribution in [-0.4, -0.2) is 20.8 Å². The summed E-state index contributed by atoms with van der Waals surface area (Å²) in [6, 6.07) is 3.02. The standard InChI is InChI=1S/C13H15ClF2O3S/c14-20(17,18)9-13(5-1-2-6-13)8-19-12-4-3-10(15)7-11(12)16/h3-4,7H,1-2,5-6,8-9H2. The highest BCUT2D eigenvalue weighted by atomic mass is 35.7. The van der Waals surface area contributed by atoms with Gasteiger partial charge in [0.1, 0.15) is 5.82 Å². The Morgan fingerprint density at radius 1 is 1.25 bits per heavy atom. The summed E-state index contributed by atoms with van der Waals surface area (Å²) in [5.74, 6) is -1.75. The molecule has 20 heavy (non-hydrogen) atoms. The van der Waals surface area contributed by atoms with Gasteiger partial charge in [-0.2, -0.15) is 0 Å². The zero-order chi connectivity index (χ0) is 14.8. The van der Waals surface area contributed by atoms with Gasteiger partial charge in [0, 0.05) is 22.2 Å². The molecule has 0 amide bonds. The van der Waals surface area contributed by atoms with Crippen LogP contribution in [0.2, 0.25) is 0 Å². The summed E-state index contributed by atoms with van der Waals surface area (Å²) in [5, 5.41) is 0. The Morgan fingerprint density at radius 2 is 1.90 bits per heavy atom. The van der Waals surface area contributed by atoms with Gasteiger partial charge >= 0.3 is 0 Å². The summed E-state index contributed by atoms with van der Waals surface area (Å²) >= 11 is 0. The van der Waals surface area contributed by atoms with E-state index in [1.165, 1.54) is 6.07 Å². The number of rotatable bonds is 5. The number of hydrogen-bond acceptors (Lipinski definition) is 3. The molecule has 0 unspecified atom stereocenters. The molecule has 1 saturated carbocycles. The Bertz CT molecular complexity index is 583. The first-order valence-electron chi connectivity index (χ1n) is 6.30. The fourth-order valence-electron chi connectivity index (χ4n) is 2.64. The Hall–Kier alpha value is -0.880. The summed E-state index contributed by atoms with van der Waals surface area (Å²) in [7, 11) is 1.68. The molecule has 0 N–H and O–H groups in total. The van der Waals surface area contributed by atoms with Crippen molar-refractivity contribution in [2.24, 2.45) is 5.41 Å². The maximum Gasteiger partial charge on any atom is 0.233 e. The first kappa shape index (κ1) is 15.5. The van der Waals surface area contributed by atoms with Crippen molar-refractivity contribution >= 4 is 19.7 Å². The molecule has 0 heterocycles. The number of hydrogen-bond donors (Lipinski definition) is 0. The van der Waals surface area contributed by atoms with Gasteiger partial charge in [-0.05, 0) is 25.0 Å². The molecule has 2 rings (SSSR count). The minimum absolute atomic E-state index is 0.0570. The van der Waals surface area contributed by atoms with Gasteiger partial charge in [0.2, 0.25) is 9.05 Å². The molecular weight excluding hydrogens is 310 g/mol. The lowest BCUT2D eigenvalue weighted by Gasteiger charge is -2.27. The third kappa shape index (κ3) is 4.06. The second kappa shape index (κ2) is 5.85. The molecule has 0 saturated heterocycles. The van der Waals surface area contributed by atoms with Crippen molar-refractivity contribution in [2.75, 3.05) is 12.4 Å². The lowest BCUT2D eigenvalue weighted by molar-refractivity contribution is 0.165. The van der Waals surface area contributed by atoms with Crippen LogP contribution in [0.3, 0.4) is 0 Å². The van der Waals surface area contributed by atoms with Gasteiger partial charge in [-0.1, -0.05) is 12.8 Å². The number of benzene rings is 1. The van der Waals surface area contributed by atoms with Crippen LogP contribution in [0.1, 0.15) is 25.7 Å². The summed E-state index contributed by atoms with van der Waals surface area (Å²) in [6.45, 7) is 0.0570. The van der Waals surface area contributed by atoms with Crippen molar-refractivity contribution in [3.05, 3.63) is 29.8 Å². The molecule has 0 aromatic heterocycles. The summed E-state index contributed by atoms with van der Waals surface area (Å²) in [5.41, 5.74) is -0.582. The molecule has 7 heteroatoms. The molecule has 1 aliphatic rings. The van der Waals surface area contributed by atoms with Crippen molar-refractivity contribution in [2.45, 2.75) is 25.7 Å². The zero-order valence-corrected chi connectivity index (χ0v) is 12.3. The maximum atomic E-state index is 13.5. The minimum atomic E-state index is -3.65. The molecule has 1 aromatic rings. The van der Waals surface area contributed by atoms with Gasteiger partial charge < -0.3 is 4.74 Å². The second-order valence-corrected chi connectivity index (χ2v) is 8.03. The van der Waals surface area contributed by atoms with Crippen LogP contribution in [0.25, 0.3) is 0 Å². The van der Waals surface area contributed by atoms with Crippen LogP contribution in [0.5, 0.6) is 5.75 Å². The fourth-order valence-corrected chi connectivity index (χ4v) is 4.44. The minimum Gasteiger partial charge on any atom is -0.490 e. The molecular formula is C13H15ClF2O3S. The van der Waals surface area contributed by atoms with Gasteiger partial charge in [-0.15, -0.1) is 0 Å². The molecule has 1 aliphatic carbocycles. The van der Waals surface area contributed by atoms with Gasteiger partial charge in [-0.3, -0.25) is 0 Å². The normalized spacial score (nSPS) is 18.1. The van der Waals surface area contributed by atoms with Gasteiger partial charge in [0.25, 0.3) is 0 Å². The van der Waals surface area contributed by atoms with E-state index in [4.69, 9.17) is 15.4 Å². The highest BCUT2D eigenvalue weighted by Gasteiger charge is 2.38. The topological polar surface area (TPSA) is 43.4 Å². The first-order chi connectivity index (χ1) is 9.30. The Labute approximate surface area is 121 Å². The van der Waals surface area contributed by atoms with Crippen LogP contribution in [0.4, 0.5) is 8.78 Å². The van der Waals surface area contributed by atoms with Gasteiger partial charge in [0.15, 0.2) is 11.6 Å². The summed E-state index contributed by atoms with van der Waals surface area (Å²) < 4.78 is 54.2. The molecule has 112 valence electrons. The van der Waals surface area contributed by atoms with Crippen LogP contribution >= 0.6 is 10.7 Å². The van der Waals surface area contributed by atoms with Crippen LogP contribution in [-0.2, 0) is 9.05 Å². The van der Waals surface area contributed by atoms with Crippen molar-refractivity contribution in [3.63, 3.8) is 0 Å². The molecule has 0 spiro atoms. The Balaban J connectivity index is 2.09. The van der Waals surface area contributed by atoms with E-state index in [1.807, 2.05) is 0 Å². The van der Waals surface area contributed by atoms with Gasteiger partial charge in [-0.25, -0.2) is 17.2 Å². The van der Waals surface area contributed by atoms with E-state index in [9.17, 15) is 17.2 Å². The van der Waals surface area contributed by atoms with E-state index in [2.05, 4.69) is 0 Å². The maximum absolute atomic E-state index is 13.5. The predicted molar refractivity (Wildman–Crippen MR) is 72.4 cm³/mol. The van der Waals surface area contributed by atoms with E-state index in [0.29, 0.717) is 12.8 Å². The summed E-state index contributed by atoms with van der Waals surface area (Å²) in [6.07, 6.45) is 3.12. The van der Waals surface area contributed by atoms with Crippen molar-refractivity contribution in [3.8, 4) is 5.75 Å². The third-order valence-electron chi connectivity index (χ3n) is 3.57. The Morgan fingerprint density at radius 3 is 2.45 bits per heavy atom. The van der Waals surface area contributed by atoms with Crippen molar-refractivity contribution in [1.29, 1.82) is 0 Å². The molecule has 3 nitrogen and oxygen atoms in total. The number of halogens is 3. The highest BCUT2D eigenvalue weighted by molar-refractivity contribution is 8.13. The van der Waals surface area contributed by atoms with E-state index < -0.39 is 26.1 Å². The van der Waals surface area contributed by atoms with E-state index in [1.54, 1.807) is 0 Å². The van der Waals surface area contributed by atoms with Crippen molar-refractivity contribution < 1.29 is 21.9 Å². The molecule has 0 aliphatic heterocycles. The predicted octanol–water partition coefficient (Wildman–Crippen LogP) is 3.47. The zero-order valence-electron chi connectivity index (χ0n) is 10.7. The largest absolute Gasteiger partial charge is 0.490 e. The smallest absolute Gasteiger partial charge is 0.233 e. The van der Waals surface area contributed by atoms with E-state index in [0.717, 1.165) is 25.0 Å². The fraction of sp³-hybridized carbons (Fsp3) is 0.538. The first-order valence-corrected chi connectivity index (χ1v) is 8.78.